The molecular weight excluding hydrogens is 1400 g/mol. The van der Waals surface area contributed by atoms with Gasteiger partial charge in [0.25, 0.3) is 0 Å². The van der Waals surface area contributed by atoms with Gasteiger partial charge in [0, 0.05) is 65.9 Å². The number of rotatable bonds is 66. The van der Waals surface area contributed by atoms with Crippen molar-refractivity contribution in [1.29, 1.82) is 0 Å². The normalized spacial score (nSPS) is 12.1. The molecule has 9 rings (SSSR count). The number of H-pyrrole nitrogens is 2. The van der Waals surface area contributed by atoms with Gasteiger partial charge in [0.05, 0.1) is 22.8 Å². The molecule has 7 aromatic rings. The van der Waals surface area contributed by atoms with E-state index in [2.05, 4.69) is 131 Å². The molecule has 4 aromatic carbocycles. The van der Waals surface area contributed by atoms with Crippen LogP contribution in [0.25, 0.3) is 88.6 Å². The van der Waals surface area contributed by atoms with E-state index in [0.717, 1.165) is 86.3 Å². The van der Waals surface area contributed by atoms with E-state index in [1.165, 1.54) is 470 Å². The van der Waals surface area contributed by atoms with E-state index in [1.807, 2.05) is 0 Å². The lowest BCUT2D eigenvalue weighted by Gasteiger charge is -2.14. The Morgan fingerprint density at radius 1 is 0.193 bits per heavy atom. The number of hydrogen-bond acceptors (Lipinski definition) is 3. The van der Waals surface area contributed by atoms with Crippen LogP contribution < -0.4 is 0 Å². The molecular formula is C109H168N4S. The molecule has 5 heterocycles. The molecule has 0 saturated carbocycles. The SMILES string of the molecule is CCCCCCCCCCc1ccc(CCCCCCCCCC)c2c1-c1cc3[nH]c(cc4nc(cc5[nH]c(cc-2n1)c1c(CCCCCCCCCC)ccc(CCCCCCCCCC)c51)-c1c(CCCCCCCCCC)ccc(CCCCCCCCCC)c1-4)c1c(CCCCCCCCCC)ccc(CCCS)c31. The van der Waals surface area contributed by atoms with Crippen LogP contribution >= 0.6 is 12.6 Å². The zero-order valence-electron chi connectivity index (χ0n) is 74.9. The van der Waals surface area contributed by atoms with Crippen LogP contribution in [0.5, 0.6) is 0 Å². The maximum atomic E-state index is 6.28. The van der Waals surface area contributed by atoms with Gasteiger partial charge in [0.2, 0.25) is 0 Å². The second kappa shape index (κ2) is 55.6. The average Bonchev–Trinajstić information content (AvgIpc) is 1.58. The van der Waals surface area contributed by atoms with E-state index in [-0.39, 0.29) is 0 Å². The lowest BCUT2D eigenvalue weighted by molar-refractivity contribution is 0.575. The third kappa shape index (κ3) is 29.7. The number of nitrogens with zero attached hydrogens (tertiary/aromatic N) is 2. The average molecular weight is 1570 g/mol. The fourth-order valence-corrected chi connectivity index (χ4v) is 19.8. The smallest absolute Gasteiger partial charge is 0.0740 e. The molecule has 0 radical (unpaired) electrons. The third-order valence-corrected chi connectivity index (χ3v) is 26.8. The van der Waals surface area contributed by atoms with Crippen molar-refractivity contribution in [3.63, 3.8) is 0 Å². The standard InChI is InChI=1S/C109H168N4S/c1-8-15-22-29-36-43-50-57-65-86-73-74-87(66-58-51-44-37-30-23-16-9-2)103-95-83-97-105-89(68-60-53-46-39-32-25-18-11-4)77-78-91(70-62-55-48-41-34-27-20-13-6)107(105)99(112-97)85-101-109-93(72-64-81-114)80-79-92(71-63-56-49-42-35-28-21-14-7)108(109)100(113-101)84-98-106-90(69-61-54-47-40-33-26-19-12-5)76-75-88(67-59-52-45-38-31-24-17-10-3)104(106)96(111-98)82-94(110-95)102(86)103/h73-80,82-85,110,113-114H,8-72,81H2,1-7H3. The minimum Gasteiger partial charge on any atom is -0.354 e. The number of aromatic amines is 2. The van der Waals surface area contributed by atoms with Crippen molar-refractivity contribution in [3.8, 4) is 45.0 Å². The largest absolute Gasteiger partial charge is 0.354 e. The highest BCUT2D eigenvalue weighted by atomic mass is 32.1. The molecule has 0 spiro atoms. The predicted octanol–water partition coefficient (Wildman–Crippen LogP) is 35.9. The first kappa shape index (κ1) is 92.7. The van der Waals surface area contributed by atoms with Gasteiger partial charge in [-0.15, -0.1) is 0 Å². The molecule has 2 aliphatic heterocycles. The highest BCUT2D eigenvalue weighted by Gasteiger charge is 2.28. The Morgan fingerprint density at radius 3 is 0.518 bits per heavy atom. The van der Waals surface area contributed by atoms with Gasteiger partial charge in [0.1, 0.15) is 0 Å². The molecule has 0 fully saturated rings. The van der Waals surface area contributed by atoms with E-state index in [0.29, 0.717) is 0 Å². The van der Waals surface area contributed by atoms with Crippen molar-refractivity contribution < 1.29 is 0 Å². The van der Waals surface area contributed by atoms with Gasteiger partial charge >= 0.3 is 0 Å². The summed E-state index contributed by atoms with van der Waals surface area (Å²) < 4.78 is 0. The number of aryl methyl sites for hydroxylation is 8. The summed E-state index contributed by atoms with van der Waals surface area (Å²) in [5.74, 6) is 0.865. The molecule has 630 valence electrons. The molecule has 8 bridgehead atoms. The van der Waals surface area contributed by atoms with Crippen LogP contribution in [-0.2, 0) is 51.4 Å². The Hall–Kier alpha value is -5.13. The maximum absolute atomic E-state index is 6.28. The van der Waals surface area contributed by atoms with Crippen LogP contribution in [0, 0.1) is 0 Å². The number of aromatic nitrogens is 4. The zero-order valence-corrected chi connectivity index (χ0v) is 75.8. The molecule has 4 nitrogen and oxygen atoms in total. The summed E-state index contributed by atoms with van der Waals surface area (Å²) in [6, 6.07) is 31.1. The Labute approximate surface area is 705 Å². The van der Waals surface area contributed by atoms with Gasteiger partial charge in [-0.25, -0.2) is 9.97 Å². The first-order valence-corrected chi connectivity index (χ1v) is 50.6. The fourth-order valence-electron chi connectivity index (χ4n) is 19.7. The van der Waals surface area contributed by atoms with Crippen LogP contribution in [0.4, 0.5) is 0 Å². The van der Waals surface area contributed by atoms with Crippen LogP contribution in [0.3, 0.4) is 0 Å². The number of benzene rings is 4. The summed E-state index contributed by atoms with van der Waals surface area (Å²) in [7, 11) is 0. The topological polar surface area (TPSA) is 57.4 Å². The van der Waals surface area contributed by atoms with Gasteiger partial charge in [-0.2, -0.15) is 12.6 Å². The molecule has 5 heteroatoms. The fraction of sp³-hybridized carbons (Fsp3) is 0.670. The Morgan fingerprint density at radius 2 is 0.342 bits per heavy atom. The summed E-state index contributed by atoms with van der Waals surface area (Å²) in [4.78, 5) is 21.5. The Balaban J connectivity index is 1.36. The molecule has 2 N–H and O–H groups in total. The zero-order chi connectivity index (χ0) is 79.8. The maximum Gasteiger partial charge on any atom is 0.0740 e. The minimum absolute atomic E-state index is 0.865. The molecule has 0 amide bonds. The van der Waals surface area contributed by atoms with Crippen molar-refractivity contribution in [3.05, 3.63) is 117 Å². The van der Waals surface area contributed by atoms with Crippen LogP contribution in [0.15, 0.2) is 72.8 Å². The highest BCUT2D eigenvalue weighted by Crippen LogP contribution is 2.48. The van der Waals surface area contributed by atoms with Crippen LogP contribution in [0.2, 0.25) is 0 Å². The lowest BCUT2D eigenvalue weighted by atomic mass is 9.88. The summed E-state index contributed by atoms with van der Waals surface area (Å²) in [6.07, 6.45) is 83.6. The molecule has 0 atom stereocenters. The quantitative estimate of drug-likeness (QED) is 0.0263. The van der Waals surface area contributed by atoms with Crippen molar-refractivity contribution >= 4 is 56.2 Å². The molecule has 2 aliphatic rings. The van der Waals surface area contributed by atoms with Crippen molar-refractivity contribution in [2.75, 3.05) is 5.75 Å². The molecule has 3 aromatic heterocycles. The van der Waals surface area contributed by atoms with E-state index in [4.69, 9.17) is 22.6 Å². The van der Waals surface area contributed by atoms with E-state index < -0.39 is 0 Å². The monoisotopic (exact) mass is 1570 g/mol. The molecule has 0 aliphatic carbocycles. The number of unbranched alkanes of at least 4 members (excludes halogenated alkanes) is 49. The lowest BCUT2D eigenvalue weighted by Crippen LogP contribution is -1.97. The second-order valence-corrected chi connectivity index (χ2v) is 36.6. The van der Waals surface area contributed by atoms with Crippen molar-refractivity contribution in [2.24, 2.45) is 0 Å². The number of hydrogen-bond donors (Lipinski definition) is 3. The molecule has 0 saturated heterocycles. The number of fused-ring (bicyclic) bond motifs is 20. The van der Waals surface area contributed by atoms with Gasteiger partial charge in [0.15, 0.2) is 0 Å². The Bertz CT molecular complexity index is 3960. The van der Waals surface area contributed by atoms with Crippen molar-refractivity contribution in [1.82, 2.24) is 19.9 Å². The molecule has 0 unspecified atom stereocenters. The minimum atomic E-state index is 0.865. The van der Waals surface area contributed by atoms with Gasteiger partial charge < -0.3 is 9.97 Å². The summed E-state index contributed by atoms with van der Waals surface area (Å²) in [5.41, 5.74) is 27.1. The predicted molar refractivity (Wildman–Crippen MR) is 511 cm³/mol. The molecule has 114 heavy (non-hydrogen) atoms. The van der Waals surface area contributed by atoms with Gasteiger partial charge in [-0.3, -0.25) is 0 Å². The van der Waals surface area contributed by atoms with Gasteiger partial charge in [-0.1, -0.05) is 412 Å². The first-order valence-electron chi connectivity index (χ1n) is 49.9. The van der Waals surface area contributed by atoms with Crippen LogP contribution in [0.1, 0.15) is 459 Å². The summed E-state index contributed by atoms with van der Waals surface area (Å²) in [5, 5.41) is 5.71. The second-order valence-electron chi connectivity index (χ2n) is 36.2. The van der Waals surface area contributed by atoms with Gasteiger partial charge in [-0.05, 0) is 177 Å². The Kier molecular flexibility index (Phi) is 45.2. The van der Waals surface area contributed by atoms with E-state index >= 15 is 0 Å². The summed E-state index contributed by atoms with van der Waals surface area (Å²) >= 11 is 4.97. The summed E-state index contributed by atoms with van der Waals surface area (Å²) in [6.45, 7) is 16.4. The number of thiol groups is 1. The van der Waals surface area contributed by atoms with E-state index in [1.54, 1.807) is 0 Å². The van der Waals surface area contributed by atoms with Crippen molar-refractivity contribution in [2.45, 2.75) is 466 Å². The first-order chi connectivity index (χ1) is 56.4. The van der Waals surface area contributed by atoms with E-state index in [9.17, 15) is 0 Å². The highest BCUT2D eigenvalue weighted by molar-refractivity contribution is 7.80. The van der Waals surface area contributed by atoms with Crippen LogP contribution in [-0.4, -0.2) is 25.7 Å². The third-order valence-electron chi connectivity index (χ3n) is 26.5. The number of nitrogens with one attached hydrogen (secondary N) is 2.